The van der Waals surface area contributed by atoms with Crippen molar-refractivity contribution in [2.45, 2.75) is 26.1 Å². The first-order chi connectivity index (χ1) is 7.54. The zero-order chi connectivity index (χ0) is 12.1. The van der Waals surface area contributed by atoms with Crippen molar-refractivity contribution < 1.29 is 13.5 Å². The Labute approximate surface area is 94.6 Å². The highest BCUT2D eigenvalue weighted by Crippen LogP contribution is 2.22. The fourth-order valence-electron chi connectivity index (χ4n) is 1.51. The fourth-order valence-corrected chi connectivity index (χ4v) is 1.51. The quantitative estimate of drug-likeness (QED) is 0.838. The summed E-state index contributed by atoms with van der Waals surface area (Å²) < 4.78 is 32.1. The molecule has 0 aliphatic carbocycles. The van der Waals surface area contributed by atoms with Crippen molar-refractivity contribution in [3.63, 3.8) is 0 Å². The number of rotatable bonds is 5. The molecule has 16 heavy (non-hydrogen) atoms. The molecule has 0 bridgehead atoms. The average molecular weight is 229 g/mol. The van der Waals surface area contributed by atoms with E-state index < -0.39 is 17.7 Å². The number of halogens is 2. The molecular weight excluding hydrogens is 212 g/mol. The molecule has 2 nitrogen and oxygen atoms in total. The van der Waals surface area contributed by atoms with Crippen LogP contribution in [0.2, 0.25) is 0 Å². The van der Waals surface area contributed by atoms with E-state index in [1.54, 1.807) is 7.05 Å². The molecule has 0 fully saturated rings. The summed E-state index contributed by atoms with van der Waals surface area (Å²) in [6.07, 6.45) is -0.512. The summed E-state index contributed by atoms with van der Waals surface area (Å²) in [6, 6.07) is 3.40. The molecule has 0 amide bonds. The zero-order valence-electron chi connectivity index (χ0n) is 9.76. The monoisotopic (exact) mass is 229 g/mol. The molecule has 0 unspecified atom stereocenters. The van der Waals surface area contributed by atoms with Gasteiger partial charge in [0.15, 0.2) is 0 Å². The zero-order valence-corrected chi connectivity index (χ0v) is 9.76. The van der Waals surface area contributed by atoms with Gasteiger partial charge in [0.05, 0.1) is 12.2 Å². The molecule has 1 aromatic carbocycles. The molecule has 4 heteroatoms. The largest absolute Gasteiger partial charge is 0.369 e. The minimum atomic E-state index is -0.472. The molecule has 0 aromatic heterocycles. The summed E-state index contributed by atoms with van der Waals surface area (Å²) in [6.45, 7) is 4.16. The molecule has 90 valence electrons. The molecule has 0 aliphatic rings. The van der Waals surface area contributed by atoms with Gasteiger partial charge in [0.25, 0.3) is 0 Å². The Kier molecular flexibility index (Phi) is 4.83. The minimum absolute atomic E-state index is 0.0407. The lowest BCUT2D eigenvalue weighted by Crippen LogP contribution is -2.23. The minimum Gasteiger partial charge on any atom is -0.369 e. The van der Waals surface area contributed by atoms with Gasteiger partial charge in [-0.3, -0.25) is 0 Å². The van der Waals surface area contributed by atoms with Crippen molar-refractivity contribution in [1.82, 2.24) is 5.32 Å². The maximum absolute atomic E-state index is 13.5. The van der Waals surface area contributed by atoms with Gasteiger partial charge in [0, 0.05) is 12.1 Å². The lowest BCUT2D eigenvalue weighted by atomic mass is 10.1. The van der Waals surface area contributed by atoms with Crippen molar-refractivity contribution in [1.29, 1.82) is 0 Å². The van der Waals surface area contributed by atoms with Gasteiger partial charge >= 0.3 is 0 Å². The highest BCUT2D eigenvalue weighted by molar-refractivity contribution is 5.21. The summed E-state index contributed by atoms with van der Waals surface area (Å²) in [5, 5.41) is 2.90. The van der Waals surface area contributed by atoms with Crippen LogP contribution in [0.15, 0.2) is 18.2 Å². The van der Waals surface area contributed by atoms with Crippen molar-refractivity contribution in [3.8, 4) is 0 Å². The maximum Gasteiger partial charge on any atom is 0.129 e. The van der Waals surface area contributed by atoms with E-state index in [1.165, 1.54) is 6.07 Å². The first kappa shape index (κ1) is 13.1. The Morgan fingerprint density at radius 3 is 2.56 bits per heavy atom. The smallest absolute Gasteiger partial charge is 0.129 e. The van der Waals surface area contributed by atoms with Crippen LogP contribution >= 0.6 is 0 Å². The lowest BCUT2D eigenvalue weighted by Gasteiger charge is -2.21. The summed E-state index contributed by atoms with van der Waals surface area (Å²) in [5.41, 5.74) is 0.253. The third kappa shape index (κ3) is 3.54. The van der Waals surface area contributed by atoms with E-state index in [1.807, 2.05) is 13.8 Å². The molecule has 0 saturated heterocycles. The average Bonchev–Trinajstić information content (AvgIpc) is 2.20. The van der Waals surface area contributed by atoms with E-state index in [2.05, 4.69) is 5.32 Å². The highest BCUT2D eigenvalue weighted by atomic mass is 19.1. The Morgan fingerprint density at radius 1 is 1.31 bits per heavy atom. The molecule has 0 aliphatic heterocycles. The van der Waals surface area contributed by atoms with E-state index in [4.69, 9.17) is 4.74 Å². The number of ether oxygens (including phenoxy) is 1. The van der Waals surface area contributed by atoms with Crippen LogP contribution in [0.4, 0.5) is 8.78 Å². The second-order valence-electron chi connectivity index (χ2n) is 3.90. The Bertz CT molecular complexity index is 342. The van der Waals surface area contributed by atoms with Gasteiger partial charge in [-0.25, -0.2) is 8.78 Å². The van der Waals surface area contributed by atoms with Crippen LogP contribution < -0.4 is 5.32 Å². The summed E-state index contributed by atoms with van der Waals surface area (Å²) in [7, 11) is 1.74. The van der Waals surface area contributed by atoms with E-state index in [0.717, 1.165) is 12.1 Å². The van der Waals surface area contributed by atoms with Crippen LogP contribution in [-0.2, 0) is 4.74 Å². The lowest BCUT2D eigenvalue weighted by molar-refractivity contribution is 0.00609. The van der Waals surface area contributed by atoms with Crippen LogP contribution in [0.1, 0.15) is 25.5 Å². The van der Waals surface area contributed by atoms with Crippen LogP contribution in [0.5, 0.6) is 0 Å². The number of hydrogen-bond acceptors (Lipinski definition) is 2. The van der Waals surface area contributed by atoms with Gasteiger partial charge in [-0.1, -0.05) is 0 Å². The Balaban J connectivity index is 2.94. The van der Waals surface area contributed by atoms with E-state index >= 15 is 0 Å². The molecule has 0 radical (unpaired) electrons. The van der Waals surface area contributed by atoms with Gasteiger partial charge in [0.1, 0.15) is 11.6 Å². The van der Waals surface area contributed by atoms with Crippen LogP contribution in [0, 0.1) is 11.6 Å². The molecule has 1 aromatic rings. The summed E-state index contributed by atoms with van der Waals surface area (Å²) in [4.78, 5) is 0. The fraction of sp³-hybridized carbons (Fsp3) is 0.500. The van der Waals surface area contributed by atoms with Gasteiger partial charge in [-0.2, -0.15) is 0 Å². The normalized spacial score (nSPS) is 13.1. The summed E-state index contributed by atoms with van der Waals surface area (Å²) >= 11 is 0. The summed E-state index contributed by atoms with van der Waals surface area (Å²) in [5.74, 6) is -0.896. The molecule has 0 spiro atoms. The van der Waals surface area contributed by atoms with E-state index in [9.17, 15) is 8.78 Å². The third-order valence-electron chi connectivity index (χ3n) is 2.13. The van der Waals surface area contributed by atoms with Crippen molar-refractivity contribution in [2.75, 3.05) is 13.6 Å². The molecule has 1 rings (SSSR count). The van der Waals surface area contributed by atoms with Gasteiger partial charge in [-0.05, 0) is 39.1 Å². The van der Waals surface area contributed by atoms with Crippen LogP contribution in [-0.4, -0.2) is 19.7 Å². The topological polar surface area (TPSA) is 21.3 Å². The second-order valence-corrected chi connectivity index (χ2v) is 3.90. The number of nitrogens with one attached hydrogen (secondary N) is 1. The highest BCUT2D eigenvalue weighted by Gasteiger charge is 2.17. The van der Waals surface area contributed by atoms with Gasteiger partial charge < -0.3 is 10.1 Å². The molecule has 0 heterocycles. The number of hydrogen-bond donors (Lipinski definition) is 1. The third-order valence-corrected chi connectivity index (χ3v) is 2.13. The maximum atomic E-state index is 13.5. The SMILES string of the molecule is CNC[C@@H](OC(C)C)c1cc(F)ccc1F. The predicted octanol–water partition coefficient (Wildman–Crippen LogP) is 2.65. The molecular formula is C12H17F2NO. The molecule has 1 N–H and O–H groups in total. The van der Waals surface area contributed by atoms with Crippen LogP contribution in [0.3, 0.4) is 0 Å². The first-order valence-corrected chi connectivity index (χ1v) is 5.29. The Morgan fingerprint density at radius 2 is 2.00 bits per heavy atom. The predicted molar refractivity (Wildman–Crippen MR) is 59.2 cm³/mol. The standard InChI is InChI=1S/C12H17F2NO/c1-8(2)16-12(7-15-3)10-6-9(13)4-5-11(10)14/h4-6,8,12,15H,7H2,1-3H3/t12-/m1/s1. The Hall–Kier alpha value is -1.00. The number of likely N-dealkylation sites (N-methyl/N-ethyl adjacent to an activating group) is 1. The van der Waals surface area contributed by atoms with Gasteiger partial charge in [-0.15, -0.1) is 0 Å². The van der Waals surface area contributed by atoms with Gasteiger partial charge in [0.2, 0.25) is 0 Å². The molecule has 1 atom stereocenters. The van der Waals surface area contributed by atoms with E-state index in [0.29, 0.717) is 6.54 Å². The second kappa shape index (κ2) is 5.92. The molecule has 0 saturated carbocycles. The van der Waals surface area contributed by atoms with Crippen LogP contribution in [0.25, 0.3) is 0 Å². The first-order valence-electron chi connectivity index (χ1n) is 5.29. The van der Waals surface area contributed by atoms with Crippen molar-refractivity contribution >= 4 is 0 Å². The van der Waals surface area contributed by atoms with Crippen molar-refractivity contribution in [2.24, 2.45) is 0 Å². The van der Waals surface area contributed by atoms with E-state index in [-0.39, 0.29) is 11.7 Å². The van der Waals surface area contributed by atoms with Crippen molar-refractivity contribution in [3.05, 3.63) is 35.4 Å². The number of benzene rings is 1.